The average Bonchev–Trinajstić information content (AvgIpc) is 1.72. The molecule has 4 amide bonds. The Labute approximate surface area is 538 Å². The highest BCUT2D eigenvalue weighted by Crippen LogP contribution is 2.36. The largest absolute Gasteiger partial charge is 0.493 e. The van der Waals surface area contributed by atoms with Crippen LogP contribution in [0.1, 0.15) is 211 Å². The van der Waals surface area contributed by atoms with Crippen molar-refractivity contribution in [2.24, 2.45) is 41.2 Å². The summed E-state index contributed by atoms with van der Waals surface area (Å²) >= 11 is 0. The number of aliphatic hydroxyl groups excluding tert-OH is 3. The van der Waals surface area contributed by atoms with E-state index in [0.29, 0.717) is 65.3 Å². The van der Waals surface area contributed by atoms with E-state index < -0.39 is 24.3 Å². The summed E-state index contributed by atoms with van der Waals surface area (Å²) in [6, 6.07) is 45.4. The number of fused-ring (bicyclic) bond motifs is 2. The van der Waals surface area contributed by atoms with Gasteiger partial charge in [0, 0.05) is 31.5 Å². The maximum Gasteiger partial charge on any atom is 0.338 e. The van der Waals surface area contributed by atoms with Crippen LogP contribution < -0.4 is 19.9 Å². The molecule has 15 heteroatoms. The third kappa shape index (κ3) is 19.4. The van der Waals surface area contributed by atoms with Gasteiger partial charge in [0.05, 0.1) is 59.8 Å². The van der Waals surface area contributed by atoms with Crippen molar-refractivity contribution in [2.75, 3.05) is 46.1 Å². The Hall–Kier alpha value is -7.69. The van der Waals surface area contributed by atoms with E-state index in [-0.39, 0.29) is 61.1 Å². The first-order valence-corrected chi connectivity index (χ1v) is 33.2. The lowest BCUT2D eigenvalue weighted by atomic mass is 9.90. The minimum absolute atomic E-state index is 0.0589. The van der Waals surface area contributed by atoms with Gasteiger partial charge < -0.3 is 40.0 Å². The summed E-state index contributed by atoms with van der Waals surface area (Å²) in [6.07, 6.45) is 17.1. The highest BCUT2D eigenvalue weighted by Gasteiger charge is 2.39. The average molecular weight is 1240 g/mol. The molecule has 0 aromatic heterocycles. The summed E-state index contributed by atoms with van der Waals surface area (Å²) in [5, 5.41) is 28.6. The van der Waals surface area contributed by atoms with Crippen molar-refractivity contribution in [3.63, 3.8) is 0 Å². The van der Waals surface area contributed by atoms with Gasteiger partial charge in [-0.25, -0.2) is 4.79 Å². The highest BCUT2D eigenvalue weighted by molar-refractivity contribution is 6.22. The molecule has 5 N–H and O–H groups in total. The number of rotatable bonds is 22. The topological polar surface area (TPSA) is 215 Å². The number of carbonyl (C=O) groups is 5. The Morgan fingerprint density at radius 2 is 0.791 bits per heavy atom. The molecule has 0 radical (unpaired) electrons. The van der Waals surface area contributed by atoms with E-state index in [2.05, 4.69) is 0 Å². The van der Waals surface area contributed by atoms with Gasteiger partial charge in [-0.2, -0.15) is 0 Å². The summed E-state index contributed by atoms with van der Waals surface area (Å²) < 4.78 is 24.1. The first kappa shape index (κ1) is 69.2. The Kier molecular flexibility index (Phi) is 26.8. The zero-order valence-electron chi connectivity index (χ0n) is 53.7. The molecule has 0 spiro atoms. The zero-order chi connectivity index (χ0) is 64.7. The second-order valence-corrected chi connectivity index (χ2v) is 25.3. The van der Waals surface area contributed by atoms with Gasteiger partial charge in [0.25, 0.3) is 23.6 Å². The van der Waals surface area contributed by atoms with Gasteiger partial charge in [0.15, 0.2) is 0 Å². The summed E-state index contributed by atoms with van der Waals surface area (Å²) in [5.74, 6) is 1.90. The zero-order valence-corrected chi connectivity index (χ0v) is 53.7. The van der Waals surface area contributed by atoms with Crippen LogP contribution in [0.25, 0.3) is 0 Å². The van der Waals surface area contributed by atoms with Crippen molar-refractivity contribution >= 4 is 29.6 Å². The number of esters is 1. The van der Waals surface area contributed by atoms with Gasteiger partial charge >= 0.3 is 5.97 Å². The van der Waals surface area contributed by atoms with Crippen LogP contribution >= 0.6 is 0 Å². The Morgan fingerprint density at radius 1 is 0.462 bits per heavy atom. The van der Waals surface area contributed by atoms with Gasteiger partial charge in [0.2, 0.25) is 0 Å². The first-order chi connectivity index (χ1) is 44.2. The molecular formula is C76H95N3O12. The Balaban J connectivity index is 0.000000180. The third-order valence-electron chi connectivity index (χ3n) is 18.1. The molecule has 6 aromatic carbocycles. The Bertz CT molecular complexity index is 3210. The summed E-state index contributed by atoms with van der Waals surface area (Å²) in [4.78, 5) is 66.8. The van der Waals surface area contributed by atoms with Crippen molar-refractivity contribution in [3.8, 4) is 17.2 Å². The van der Waals surface area contributed by atoms with Crippen molar-refractivity contribution in [3.05, 3.63) is 196 Å². The van der Waals surface area contributed by atoms with E-state index in [4.69, 9.17) is 29.8 Å². The number of benzene rings is 6. The molecule has 486 valence electrons. The minimum atomic E-state index is -0.799. The van der Waals surface area contributed by atoms with Gasteiger partial charge in [-0.3, -0.25) is 29.0 Å². The van der Waals surface area contributed by atoms with E-state index in [9.17, 15) is 34.2 Å². The number of ether oxygens (including phenoxy) is 4. The molecule has 5 aliphatic rings. The van der Waals surface area contributed by atoms with Crippen molar-refractivity contribution in [1.29, 1.82) is 0 Å². The standard InChI is InChI=1S/C32H33NO5.C25H29NO4.C17H27NO2.C2H6O/c1-22(20-33-30(34)27-17-8-9-18-28(27)31(33)35)29(38-32(36)24-13-6-3-7-14-24)25-15-10-16-26(19-25)37-21-23-11-4-2-5-12-23;1-17(15-26-24(28)21-12-5-6-13-22(21)25(26)29)23(27)19-10-7-11-20(14-19)30-16-18-8-3-2-4-9-18;1-13(11-18)17(19)15-8-5-9-16(10-15)20-12-14-6-3-2-4-7-14;1-2-3/h3,6-10,13-19,22-23,29H,2,4-5,11-12,20-21H2,1H3;5-7,10-14,17-18,23,27H,2-4,8-9,15-16H2,1H3;5,8-10,13-14,17,19H,2-4,6-7,11-12,18H2,1H3;3H,2H2,1H3/t22-,29+;17-,23-;13-,17+;/m000./s1. The summed E-state index contributed by atoms with van der Waals surface area (Å²) in [7, 11) is 0. The number of hydrogen-bond acceptors (Lipinski definition) is 13. The van der Waals surface area contributed by atoms with Gasteiger partial charge in [-0.1, -0.05) is 157 Å². The number of hydrogen-bond donors (Lipinski definition) is 4. The fourth-order valence-corrected chi connectivity index (χ4v) is 12.7. The molecule has 2 aliphatic heterocycles. The van der Waals surface area contributed by atoms with Crippen LogP contribution in [0.5, 0.6) is 17.2 Å². The highest BCUT2D eigenvalue weighted by atomic mass is 16.5. The van der Waals surface area contributed by atoms with Gasteiger partial charge in [0.1, 0.15) is 23.4 Å². The van der Waals surface area contributed by atoms with E-state index in [0.717, 1.165) is 40.5 Å². The fraction of sp³-hybridized carbons (Fsp3) is 0.461. The maximum atomic E-state index is 13.1. The molecule has 3 aliphatic carbocycles. The molecule has 0 saturated heterocycles. The van der Waals surface area contributed by atoms with E-state index in [1.165, 1.54) is 106 Å². The van der Waals surface area contributed by atoms with Crippen molar-refractivity contribution in [1.82, 2.24) is 9.80 Å². The molecule has 3 fully saturated rings. The number of nitrogens with two attached hydrogens (primary N) is 1. The van der Waals surface area contributed by atoms with Crippen LogP contribution in [-0.4, -0.2) is 101 Å². The first-order valence-electron chi connectivity index (χ1n) is 33.2. The lowest BCUT2D eigenvalue weighted by molar-refractivity contribution is 0.0109. The molecule has 15 nitrogen and oxygen atoms in total. The maximum absolute atomic E-state index is 13.1. The number of amides is 4. The van der Waals surface area contributed by atoms with E-state index in [1.807, 2.05) is 99.6 Å². The predicted molar refractivity (Wildman–Crippen MR) is 353 cm³/mol. The summed E-state index contributed by atoms with van der Waals surface area (Å²) in [6.45, 7) is 10.6. The Morgan fingerprint density at radius 3 is 1.16 bits per heavy atom. The van der Waals surface area contributed by atoms with Crippen LogP contribution in [0, 0.1) is 35.5 Å². The predicted octanol–water partition coefficient (Wildman–Crippen LogP) is 14.4. The number of aliphatic hydroxyl groups is 3. The van der Waals surface area contributed by atoms with Crippen LogP contribution in [0.4, 0.5) is 0 Å². The van der Waals surface area contributed by atoms with Gasteiger partial charge in [-0.05, 0) is 165 Å². The molecule has 11 rings (SSSR count). The monoisotopic (exact) mass is 1240 g/mol. The van der Waals surface area contributed by atoms with Crippen molar-refractivity contribution in [2.45, 2.75) is 142 Å². The number of carbonyl (C=O) groups excluding carboxylic acids is 5. The summed E-state index contributed by atoms with van der Waals surface area (Å²) in [5.41, 5.74) is 10.1. The van der Waals surface area contributed by atoms with Crippen LogP contribution in [0.15, 0.2) is 152 Å². The van der Waals surface area contributed by atoms with Crippen LogP contribution in [0.2, 0.25) is 0 Å². The SMILES string of the molecule is CCO.C[C@@H](CN)[C@@H](O)c1cccc(OCC2CCCCC2)c1.C[C@@H](CN1C(=O)c2ccccc2C1=O)[C@@H](OC(=O)c1ccccc1)c1cccc(OCC2CCCCC2)c1.C[C@@H](CN1C(=O)c2ccccc2C1=O)[C@H](O)c1cccc(OCC2CCCCC2)c1. The van der Waals surface area contributed by atoms with Crippen molar-refractivity contribution < 1.29 is 58.2 Å². The molecule has 2 heterocycles. The van der Waals surface area contributed by atoms with E-state index >= 15 is 0 Å². The normalized spacial score (nSPS) is 17.9. The molecule has 6 atom stereocenters. The second-order valence-electron chi connectivity index (χ2n) is 25.3. The smallest absolute Gasteiger partial charge is 0.338 e. The second kappa shape index (κ2) is 35.2. The third-order valence-corrected chi connectivity index (χ3v) is 18.1. The molecular weight excluding hydrogens is 1150 g/mol. The van der Waals surface area contributed by atoms with Gasteiger partial charge in [-0.15, -0.1) is 0 Å². The number of nitrogens with zero attached hydrogens (tertiary/aromatic N) is 2. The van der Waals surface area contributed by atoms with Crippen LogP contribution in [-0.2, 0) is 4.74 Å². The van der Waals surface area contributed by atoms with Crippen LogP contribution in [0.3, 0.4) is 0 Å². The van der Waals surface area contributed by atoms with E-state index in [1.54, 1.807) is 79.7 Å². The molecule has 91 heavy (non-hydrogen) atoms. The fourth-order valence-electron chi connectivity index (χ4n) is 12.7. The lowest BCUT2D eigenvalue weighted by Crippen LogP contribution is -2.36. The quantitative estimate of drug-likeness (QED) is 0.0368. The molecule has 0 unspecified atom stereocenters. The lowest BCUT2D eigenvalue weighted by Gasteiger charge is -2.28. The number of imide groups is 2. The molecule has 3 saturated carbocycles. The molecule has 6 aromatic rings. The minimum Gasteiger partial charge on any atom is -0.493 e. The molecule has 0 bridgehead atoms.